The molecule has 1 saturated carbocycles. The zero-order chi connectivity index (χ0) is 13.7. The summed E-state index contributed by atoms with van der Waals surface area (Å²) in [6, 6.07) is 6.92. The Hall–Kier alpha value is -1.06. The van der Waals surface area contributed by atoms with Crippen LogP contribution in [-0.4, -0.2) is 23.9 Å². The van der Waals surface area contributed by atoms with Crippen molar-refractivity contribution in [2.45, 2.75) is 58.2 Å². The van der Waals surface area contributed by atoms with Crippen molar-refractivity contribution in [3.8, 4) is 5.75 Å². The van der Waals surface area contributed by atoms with Crippen LogP contribution in [0.4, 0.5) is 0 Å². The highest BCUT2D eigenvalue weighted by Crippen LogP contribution is 2.21. The summed E-state index contributed by atoms with van der Waals surface area (Å²) >= 11 is 0. The Kier molecular flexibility index (Phi) is 5.23. The molecule has 0 unspecified atom stereocenters. The van der Waals surface area contributed by atoms with Gasteiger partial charge in [0, 0.05) is 12.6 Å². The van der Waals surface area contributed by atoms with Gasteiger partial charge in [-0.15, -0.1) is 0 Å². The van der Waals surface area contributed by atoms with Crippen LogP contribution < -0.4 is 10.1 Å². The zero-order valence-corrected chi connectivity index (χ0v) is 12.0. The SMILES string of the molecule is CCOc1ccc(CNC2CCC(O)CC2)cc1C. The van der Waals surface area contributed by atoms with Gasteiger partial charge in [-0.3, -0.25) is 0 Å². The second kappa shape index (κ2) is 6.92. The molecule has 0 amide bonds. The predicted octanol–water partition coefficient (Wildman–Crippen LogP) is 2.79. The van der Waals surface area contributed by atoms with Gasteiger partial charge in [0.2, 0.25) is 0 Å². The lowest BCUT2D eigenvalue weighted by Gasteiger charge is -2.26. The third-order valence-corrected chi connectivity index (χ3v) is 3.83. The average Bonchev–Trinajstić information content (AvgIpc) is 2.41. The summed E-state index contributed by atoms with van der Waals surface area (Å²) in [7, 11) is 0. The molecule has 1 aliphatic carbocycles. The van der Waals surface area contributed by atoms with Gasteiger partial charge in [-0.2, -0.15) is 0 Å². The van der Waals surface area contributed by atoms with Gasteiger partial charge in [-0.25, -0.2) is 0 Å². The molecule has 1 fully saturated rings. The molecule has 0 atom stereocenters. The van der Waals surface area contributed by atoms with E-state index in [1.165, 1.54) is 11.1 Å². The standard InChI is InChI=1S/C16H25NO2/c1-3-19-16-9-4-13(10-12(16)2)11-17-14-5-7-15(18)8-6-14/h4,9-10,14-15,17-18H,3,5-8,11H2,1-2H3. The van der Waals surface area contributed by atoms with Crippen LogP contribution in [0.15, 0.2) is 18.2 Å². The molecule has 3 heteroatoms. The van der Waals surface area contributed by atoms with E-state index in [9.17, 15) is 5.11 Å². The molecule has 2 rings (SSSR count). The maximum Gasteiger partial charge on any atom is 0.122 e. The maximum atomic E-state index is 9.49. The molecular formula is C16H25NO2. The van der Waals surface area contributed by atoms with Crippen molar-refractivity contribution >= 4 is 0 Å². The smallest absolute Gasteiger partial charge is 0.122 e. The van der Waals surface area contributed by atoms with Gasteiger partial charge in [-0.05, 0) is 56.7 Å². The Balaban J connectivity index is 1.84. The van der Waals surface area contributed by atoms with Gasteiger partial charge in [0.1, 0.15) is 5.75 Å². The van der Waals surface area contributed by atoms with E-state index in [1.54, 1.807) is 0 Å². The van der Waals surface area contributed by atoms with Gasteiger partial charge in [0.25, 0.3) is 0 Å². The summed E-state index contributed by atoms with van der Waals surface area (Å²) in [5.41, 5.74) is 2.49. The predicted molar refractivity (Wildman–Crippen MR) is 77.5 cm³/mol. The fourth-order valence-electron chi connectivity index (χ4n) is 2.68. The Morgan fingerprint density at radius 3 is 2.63 bits per heavy atom. The number of aryl methyl sites for hydroxylation is 1. The third-order valence-electron chi connectivity index (χ3n) is 3.83. The first-order valence-electron chi connectivity index (χ1n) is 7.32. The number of rotatable bonds is 5. The first kappa shape index (κ1) is 14.4. The Labute approximate surface area is 116 Å². The second-order valence-electron chi connectivity index (χ2n) is 5.42. The van der Waals surface area contributed by atoms with Crippen LogP contribution in [0.1, 0.15) is 43.7 Å². The van der Waals surface area contributed by atoms with Crippen LogP contribution in [0.5, 0.6) is 5.75 Å². The third kappa shape index (κ3) is 4.22. The number of aliphatic hydroxyl groups excluding tert-OH is 1. The molecule has 2 N–H and O–H groups in total. The summed E-state index contributed by atoms with van der Waals surface area (Å²) in [6.07, 6.45) is 3.94. The molecule has 1 aromatic carbocycles. The number of benzene rings is 1. The summed E-state index contributed by atoms with van der Waals surface area (Å²) in [5, 5.41) is 13.1. The highest BCUT2D eigenvalue weighted by molar-refractivity contribution is 5.36. The van der Waals surface area contributed by atoms with Crippen LogP contribution in [0.25, 0.3) is 0 Å². The highest BCUT2D eigenvalue weighted by Gasteiger charge is 2.18. The van der Waals surface area contributed by atoms with Crippen LogP contribution in [-0.2, 0) is 6.54 Å². The van der Waals surface area contributed by atoms with E-state index in [-0.39, 0.29) is 6.10 Å². The molecule has 1 aromatic rings. The minimum absolute atomic E-state index is 0.0780. The van der Waals surface area contributed by atoms with Crippen molar-refractivity contribution in [3.63, 3.8) is 0 Å². The lowest BCUT2D eigenvalue weighted by Crippen LogP contribution is -2.34. The highest BCUT2D eigenvalue weighted by atomic mass is 16.5. The first-order valence-corrected chi connectivity index (χ1v) is 7.32. The number of hydrogen-bond acceptors (Lipinski definition) is 3. The van der Waals surface area contributed by atoms with E-state index in [1.807, 2.05) is 6.92 Å². The molecular weight excluding hydrogens is 238 g/mol. The molecule has 0 spiro atoms. The molecule has 106 valence electrons. The van der Waals surface area contributed by atoms with Crippen molar-refractivity contribution in [2.75, 3.05) is 6.61 Å². The van der Waals surface area contributed by atoms with Gasteiger partial charge in [-0.1, -0.05) is 12.1 Å². The van der Waals surface area contributed by atoms with Crippen molar-refractivity contribution in [1.82, 2.24) is 5.32 Å². The molecule has 3 nitrogen and oxygen atoms in total. The summed E-state index contributed by atoms with van der Waals surface area (Å²) in [5.74, 6) is 0.979. The van der Waals surface area contributed by atoms with Crippen molar-refractivity contribution in [1.29, 1.82) is 0 Å². The summed E-state index contributed by atoms with van der Waals surface area (Å²) in [4.78, 5) is 0. The lowest BCUT2D eigenvalue weighted by molar-refractivity contribution is 0.116. The van der Waals surface area contributed by atoms with Crippen LogP contribution >= 0.6 is 0 Å². The zero-order valence-electron chi connectivity index (χ0n) is 12.0. The monoisotopic (exact) mass is 263 g/mol. The van der Waals surface area contributed by atoms with E-state index in [0.29, 0.717) is 12.6 Å². The van der Waals surface area contributed by atoms with Crippen LogP contribution in [0.3, 0.4) is 0 Å². The number of aliphatic hydroxyl groups is 1. The van der Waals surface area contributed by atoms with Crippen molar-refractivity contribution in [3.05, 3.63) is 29.3 Å². The summed E-state index contributed by atoms with van der Waals surface area (Å²) < 4.78 is 5.55. The normalized spacial score (nSPS) is 23.3. The largest absolute Gasteiger partial charge is 0.494 e. The topological polar surface area (TPSA) is 41.5 Å². The van der Waals surface area contributed by atoms with Gasteiger partial charge in [0.15, 0.2) is 0 Å². The van der Waals surface area contributed by atoms with E-state index in [0.717, 1.165) is 38.0 Å². The van der Waals surface area contributed by atoms with Gasteiger partial charge < -0.3 is 15.2 Å². The minimum atomic E-state index is -0.0780. The van der Waals surface area contributed by atoms with Crippen molar-refractivity contribution < 1.29 is 9.84 Å². The Bertz CT molecular complexity index is 398. The van der Waals surface area contributed by atoms with E-state index >= 15 is 0 Å². The lowest BCUT2D eigenvalue weighted by atomic mass is 9.93. The fourth-order valence-corrected chi connectivity index (χ4v) is 2.68. The van der Waals surface area contributed by atoms with Gasteiger partial charge in [0.05, 0.1) is 12.7 Å². The molecule has 0 radical (unpaired) electrons. The Morgan fingerprint density at radius 1 is 1.26 bits per heavy atom. The van der Waals surface area contributed by atoms with Crippen LogP contribution in [0, 0.1) is 6.92 Å². The van der Waals surface area contributed by atoms with Crippen LogP contribution in [0.2, 0.25) is 0 Å². The van der Waals surface area contributed by atoms with Gasteiger partial charge >= 0.3 is 0 Å². The second-order valence-corrected chi connectivity index (χ2v) is 5.42. The van der Waals surface area contributed by atoms with E-state index in [4.69, 9.17) is 4.74 Å². The number of hydrogen-bond donors (Lipinski definition) is 2. The van der Waals surface area contributed by atoms with E-state index < -0.39 is 0 Å². The number of nitrogens with one attached hydrogen (secondary N) is 1. The van der Waals surface area contributed by atoms with E-state index in [2.05, 4.69) is 30.4 Å². The minimum Gasteiger partial charge on any atom is -0.494 e. The molecule has 1 aliphatic rings. The maximum absolute atomic E-state index is 9.49. The molecule has 19 heavy (non-hydrogen) atoms. The Morgan fingerprint density at radius 2 is 2.00 bits per heavy atom. The molecule has 0 saturated heterocycles. The molecule has 0 aromatic heterocycles. The fraction of sp³-hybridized carbons (Fsp3) is 0.625. The quantitative estimate of drug-likeness (QED) is 0.858. The summed E-state index contributed by atoms with van der Waals surface area (Å²) in [6.45, 7) is 5.70. The molecule has 0 heterocycles. The van der Waals surface area contributed by atoms with Crippen molar-refractivity contribution in [2.24, 2.45) is 0 Å². The average molecular weight is 263 g/mol. The molecule has 0 bridgehead atoms. The molecule has 0 aliphatic heterocycles. The first-order chi connectivity index (χ1) is 9.19. The number of ether oxygens (including phenoxy) is 1.